The predicted octanol–water partition coefficient (Wildman–Crippen LogP) is 3.17. The molecular formula is C21H29BrN2O5. The number of rotatable bonds is 6. The SMILES string of the molecule is CCOC(=O)C1=C(COC(=O)CC23CC4CC(CC(Br)(C4)C2)C3)NC(=O)NC1C. The zero-order valence-corrected chi connectivity index (χ0v) is 18.6. The molecule has 1 heterocycles. The van der Waals surface area contributed by atoms with Crippen LogP contribution < -0.4 is 10.6 Å². The lowest BCUT2D eigenvalue weighted by molar-refractivity contribution is -0.150. The number of halogens is 1. The highest BCUT2D eigenvalue weighted by atomic mass is 79.9. The average Bonchev–Trinajstić information content (AvgIpc) is 2.56. The molecule has 0 saturated heterocycles. The highest BCUT2D eigenvalue weighted by molar-refractivity contribution is 9.10. The monoisotopic (exact) mass is 468 g/mol. The van der Waals surface area contributed by atoms with Gasteiger partial charge in [0.15, 0.2) is 0 Å². The Morgan fingerprint density at radius 2 is 1.86 bits per heavy atom. The van der Waals surface area contributed by atoms with E-state index in [1.165, 1.54) is 19.3 Å². The first kappa shape index (κ1) is 20.7. The van der Waals surface area contributed by atoms with Crippen LogP contribution in [0.3, 0.4) is 0 Å². The van der Waals surface area contributed by atoms with E-state index in [9.17, 15) is 14.4 Å². The minimum atomic E-state index is -0.513. The summed E-state index contributed by atoms with van der Waals surface area (Å²) in [6.07, 6.45) is 7.34. The molecule has 8 heteroatoms. The standard InChI is InChI=1S/C21H29BrN2O5/c1-3-28-18(26)17-12(2)23-19(27)24-15(17)10-29-16(25)9-20-5-13-4-14(6-20)8-21(22,7-13)11-20/h12-14H,3-11H2,1-2H3,(H2,23,24,27). The number of hydrogen-bond acceptors (Lipinski definition) is 5. The van der Waals surface area contributed by atoms with E-state index in [0.717, 1.165) is 19.3 Å². The van der Waals surface area contributed by atoms with Crippen LogP contribution in [-0.2, 0) is 19.1 Å². The van der Waals surface area contributed by atoms with Crippen molar-refractivity contribution in [1.82, 2.24) is 10.6 Å². The molecule has 3 atom stereocenters. The van der Waals surface area contributed by atoms with Crippen molar-refractivity contribution in [3.05, 3.63) is 11.3 Å². The van der Waals surface area contributed by atoms with Crippen molar-refractivity contribution >= 4 is 33.9 Å². The van der Waals surface area contributed by atoms with Gasteiger partial charge in [-0.15, -0.1) is 0 Å². The van der Waals surface area contributed by atoms with Crippen molar-refractivity contribution in [1.29, 1.82) is 0 Å². The van der Waals surface area contributed by atoms with Crippen LogP contribution in [0, 0.1) is 17.3 Å². The summed E-state index contributed by atoms with van der Waals surface area (Å²) in [7, 11) is 0. The van der Waals surface area contributed by atoms with Crippen LogP contribution in [-0.4, -0.2) is 41.5 Å². The van der Waals surface area contributed by atoms with E-state index in [-0.39, 0.29) is 28.9 Å². The predicted molar refractivity (Wildman–Crippen MR) is 109 cm³/mol. The number of nitrogens with one attached hydrogen (secondary N) is 2. The van der Waals surface area contributed by atoms with Gasteiger partial charge in [0, 0.05) is 4.32 Å². The van der Waals surface area contributed by atoms with Crippen molar-refractivity contribution in [2.75, 3.05) is 13.2 Å². The van der Waals surface area contributed by atoms with E-state index in [4.69, 9.17) is 9.47 Å². The normalized spacial score (nSPS) is 37.8. The molecule has 7 nitrogen and oxygen atoms in total. The molecule has 4 aliphatic carbocycles. The molecule has 2 amide bonds. The molecule has 4 saturated carbocycles. The lowest BCUT2D eigenvalue weighted by atomic mass is 9.49. The Bertz CT molecular complexity index is 750. The molecule has 160 valence electrons. The Hall–Kier alpha value is -1.57. The summed E-state index contributed by atoms with van der Waals surface area (Å²) in [5, 5.41) is 5.24. The van der Waals surface area contributed by atoms with Gasteiger partial charge in [-0.05, 0) is 69.6 Å². The first-order valence-electron chi connectivity index (χ1n) is 10.5. The number of urea groups is 1. The van der Waals surface area contributed by atoms with Crippen molar-refractivity contribution < 1.29 is 23.9 Å². The average molecular weight is 469 g/mol. The Balaban J connectivity index is 1.42. The van der Waals surface area contributed by atoms with Gasteiger partial charge in [-0.2, -0.15) is 0 Å². The molecule has 0 radical (unpaired) electrons. The first-order chi connectivity index (χ1) is 13.7. The van der Waals surface area contributed by atoms with Crippen molar-refractivity contribution in [3.63, 3.8) is 0 Å². The van der Waals surface area contributed by atoms with Gasteiger partial charge in [-0.25, -0.2) is 9.59 Å². The Labute approximate surface area is 179 Å². The molecule has 29 heavy (non-hydrogen) atoms. The van der Waals surface area contributed by atoms with E-state index in [1.54, 1.807) is 13.8 Å². The van der Waals surface area contributed by atoms with E-state index in [1.807, 2.05) is 0 Å². The van der Waals surface area contributed by atoms with E-state index >= 15 is 0 Å². The molecule has 5 aliphatic rings. The molecule has 3 unspecified atom stereocenters. The van der Waals surface area contributed by atoms with Crippen LogP contribution in [0.5, 0.6) is 0 Å². The van der Waals surface area contributed by atoms with Gasteiger partial charge < -0.3 is 20.1 Å². The first-order valence-corrected chi connectivity index (χ1v) is 11.3. The molecule has 4 fully saturated rings. The van der Waals surface area contributed by atoms with Gasteiger partial charge in [-0.3, -0.25) is 4.79 Å². The fraction of sp³-hybridized carbons (Fsp3) is 0.762. The second-order valence-electron chi connectivity index (χ2n) is 9.38. The fourth-order valence-corrected chi connectivity index (χ4v) is 7.96. The third-order valence-corrected chi connectivity index (χ3v) is 7.80. The maximum Gasteiger partial charge on any atom is 0.338 e. The van der Waals surface area contributed by atoms with Crippen LogP contribution in [0.2, 0.25) is 0 Å². The molecule has 0 spiro atoms. The van der Waals surface area contributed by atoms with Crippen LogP contribution in [0.1, 0.15) is 58.8 Å². The van der Waals surface area contributed by atoms with Crippen molar-refractivity contribution in [2.24, 2.45) is 17.3 Å². The molecule has 4 bridgehead atoms. The maximum absolute atomic E-state index is 12.7. The van der Waals surface area contributed by atoms with Gasteiger partial charge >= 0.3 is 18.0 Å². The van der Waals surface area contributed by atoms with Gasteiger partial charge in [0.25, 0.3) is 0 Å². The number of hydrogen-bond donors (Lipinski definition) is 2. The highest BCUT2D eigenvalue weighted by Crippen LogP contribution is 2.65. The van der Waals surface area contributed by atoms with Gasteiger partial charge in [-0.1, -0.05) is 15.9 Å². The summed E-state index contributed by atoms with van der Waals surface area (Å²) in [5.74, 6) is 0.622. The number of alkyl halides is 1. The summed E-state index contributed by atoms with van der Waals surface area (Å²) < 4.78 is 10.8. The topological polar surface area (TPSA) is 93.7 Å². The van der Waals surface area contributed by atoms with E-state index < -0.39 is 18.0 Å². The number of esters is 2. The molecular weight excluding hydrogens is 440 g/mol. The van der Waals surface area contributed by atoms with Crippen LogP contribution in [0.4, 0.5) is 4.79 Å². The van der Waals surface area contributed by atoms with E-state index in [0.29, 0.717) is 29.5 Å². The Kier molecular flexibility index (Phi) is 5.42. The van der Waals surface area contributed by atoms with E-state index in [2.05, 4.69) is 26.6 Å². The lowest BCUT2D eigenvalue weighted by Gasteiger charge is -2.60. The molecule has 0 aromatic heterocycles. The number of amides is 2. The van der Waals surface area contributed by atoms with Gasteiger partial charge in [0.2, 0.25) is 0 Å². The summed E-state index contributed by atoms with van der Waals surface area (Å²) in [6.45, 7) is 3.53. The van der Waals surface area contributed by atoms with Crippen molar-refractivity contribution in [3.8, 4) is 0 Å². The quantitative estimate of drug-likeness (QED) is 0.461. The molecule has 1 aliphatic heterocycles. The van der Waals surface area contributed by atoms with Crippen LogP contribution in [0.25, 0.3) is 0 Å². The minimum Gasteiger partial charge on any atom is -0.463 e. The highest BCUT2D eigenvalue weighted by Gasteiger charge is 2.57. The lowest BCUT2D eigenvalue weighted by Crippen LogP contribution is -2.53. The summed E-state index contributed by atoms with van der Waals surface area (Å²) in [4.78, 5) is 36.9. The summed E-state index contributed by atoms with van der Waals surface area (Å²) >= 11 is 3.97. The number of ether oxygens (including phenoxy) is 2. The summed E-state index contributed by atoms with van der Waals surface area (Å²) in [5.41, 5.74) is 0.622. The smallest absolute Gasteiger partial charge is 0.338 e. The molecule has 5 rings (SSSR count). The summed E-state index contributed by atoms with van der Waals surface area (Å²) in [6, 6.07) is -0.924. The zero-order valence-electron chi connectivity index (χ0n) is 17.0. The molecule has 0 aromatic rings. The van der Waals surface area contributed by atoms with Gasteiger partial charge in [0.1, 0.15) is 6.61 Å². The third kappa shape index (κ3) is 4.18. The number of carbonyl (C=O) groups is 3. The second-order valence-corrected chi connectivity index (χ2v) is 11.1. The van der Waals surface area contributed by atoms with Gasteiger partial charge in [0.05, 0.1) is 30.3 Å². The Morgan fingerprint density at radius 1 is 1.17 bits per heavy atom. The zero-order chi connectivity index (χ0) is 20.8. The largest absolute Gasteiger partial charge is 0.463 e. The number of carbonyl (C=O) groups excluding carboxylic acids is 3. The third-order valence-electron chi connectivity index (χ3n) is 6.87. The molecule has 2 N–H and O–H groups in total. The fourth-order valence-electron chi connectivity index (χ4n) is 6.45. The van der Waals surface area contributed by atoms with Crippen LogP contribution in [0.15, 0.2) is 11.3 Å². The van der Waals surface area contributed by atoms with Crippen LogP contribution >= 0.6 is 15.9 Å². The minimum absolute atomic E-state index is 0.0215. The Morgan fingerprint density at radius 3 is 2.48 bits per heavy atom. The second kappa shape index (κ2) is 7.60. The van der Waals surface area contributed by atoms with Crippen molar-refractivity contribution in [2.45, 2.75) is 69.2 Å². The maximum atomic E-state index is 12.7. The molecule has 0 aromatic carbocycles.